The summed E-state index contributed by atoms with van der Waals surface area (Å²) in [5, 5.41) is 2.62. The van der Waals surface area contributed by atoms with Gasteiger partial charge in [0.15, 0.2) is 5.78 Å². The Morgan fingerprint density at radius 2 is 1.91 bits per heavy atom. The van der Waals surface area contributed by atoms with E-state index in [2.05, 4.69) is 5.32 Å². The Morgan fingerprint density at radius 3 is 2.50 bits per heavy atom. The molecule has 22 heavy (non-hydrogen) atoms. The molecule has 1 amide bonds. The smallest absolute Gasteiger partial charge is 0.329 e. The van der Waals surface area contributed by atoms with Gasteiger partial charge in [-0.1, -0.05) is 44.2 Å². The van der Waals surface area contributed by atoms with E-state index in [1.807, 2.05) is 44.2 Å². The summed E-state index contributed by atoms with van der Waals surface area (Å²) in [7, 11) is 0. The fraction of sp³-hybridized carbons (Fsp3) is 0.471. The number of rotatable bonds is 5. The Morgan fingerprint density at radius 1 is 1.27 bits per heavy atom. The van der Waals surface area contributed by atoms with E-state index in [1.165, 1.54) is 6.92 Å². The maximum atomic E-state index is 12.4. The first-order valence-corrected chi connectivity index (χ1v) is 7.42. The molecule has 1 saturated heterocycles. The molecule has 1 N–H and O–H groups in total. The van der Waals surface area contributed by atoms with Crippen LogP contribution < -0.4 is 5.32 Å². The summed E-state index contributed by atoms with van der Waals surface area (Å²) in [6.07, 6.45) is 0.520. The van der Waals surface area contributed by atoms with Crippen molar-refractivity contribution in [3.63, 3.8) is 0 Å². The predicted octanol–water partition coefficient (Wildman–Crippen LogP) is 1.85. The number of ether oxygens (including phenoxy) is 1. The highest BCUT2D eigenvalue weighted by atomic mass is 16.5. The van der Waals surface area contributed by atoms with Crippen LogP contribution in [0.4, 0.5) is 0 Å². The zero-order valence-electron chi connectivity index (χ0n) is 13.1. The Bertz CT molecular complexity index is 582. The minimum absolute atomic E-state index is 0.0463. The quantitative estimate of drug-likeness (QED) is 0.665. The molecule has 0 aliphatic carbocycles. The number of hydrogen-bond acceptors (Lipinski definition) is 4. The summed E-state index contributed by atoms with van der Waals surface area (Å²) in [5.41, 5.74) is -0.932. The van der Waals surface area contributed by atoms with Gasteiger partial charge in [-0.05, 0) is 24.8 Å². The summed E-state index contributed by atoms with van der Waals surface area (Å²) >= 11 is 0. The molecule has 2 rings (SSSR count). The summed E-state index contributed by atoms with van der Waals surface area (Å²) in [4.78, 5) is 36.8. The van der Waals surface area contributed by atoms with Gasteiger partial charge < -0.3 is 10.1 Å². The van der Waals surface area contributed by atoms with Gasteiger partial charge in [0.25, 0.3) is 0 Å². The molecule has 2 atom stereocenters. The maximum Gasteiger partial charge on any atom is 0.329 e. The molecule has 1 aromatic rings. The van der Waals surface area contributed by atoms with Crippen molar-refractivity contribution in [2.45, 2.75) is 39.8 Å². The molecule has 0 unspecified atom stereocenters. The van der Waals surface area contributed by atoms with Crippen molar-refractivity contribution in [1.82, 2.24) is 5.32 Å². The van der Waals surface area contributed by atoms with Gasteiger partial charge in [0, 0.05) is 0 Å². The molecule has 0 aromatic heterocycles. The number of esters is 1. The maximum absolute atomic E-state index is 12.4. The van der Waals surface area contributed by atoms with Gasteiger partial charge >= 0.3 is 5.97 Å². The summed E-state index contributed by atoms with van der Waals surface area (Å²) in [6.45, 7) is 5.31. The van der Waals surface area contributed by atoms with Crippen LogP contribution in [0.15, 0.2) is 30.3 Å². The SMILES string of the molecule is CC(C)C[C@@H]1NC(=O)[C@@](C)(C(=O)OCc2ccccc2)C1=O. The Balaban J connectivity index is 2.07. The van der Waals surface area contributed by atoms with Crippen LogP contribution in [-0.2, 0) is 25.7 Å². The van der Waals surface area contributed by atoms with Gasteiger partial charge in [0.2, 0.25) is 11.3 Å². The highest BCUT2D eigenvalue weighted by Gasteiger charge is 2.57. The average molecular weight is 303 g/mol. The van der Waals surface area contributed by atoms with Crippen LogP contribution in [0.3, 0.4) is 0 Å². The number of ketones is 1. The molecule has 0 spiro atoms. The van der Waals surface area contributed by atoms with Crippen molar-refractivity contribution in [3.8, 4) is 0 Å². The van der Waals surface area contributed by atoms with Crippen molar-refractivity contribution >= 4 is 17.7 Å². The van der Waals surface area contributed by atoms with E-state index in [9.17, 15) is 14.4 Å². The van der Waals surface area contributed by atoms with Crippen LogP contribution >= 0.6 is 0 Å². The Hall–Kier alpha value is -2.17. The predicted molar refractivity (Wildman–Crippen MR) is 80.7 cm³/mol. The number of Topliss-reactive ketones (excluding diaryl/α,β-unsaturated/α-hetero) is 1. The van der Waals surface area contributed by atoms with Gasteiger partial charge in [-0.2, -0.15) is 0 Å². The van der Waals surface area contributed by atoms with Crippen molar-refractivity contribution < 1.29 is 19.1 Å². The highest BCUT2D eigenvalue weighted by Crippen LogP contribution is 2.30. The van der Waals surface area contributed by atoms with Crippen molar-refractivity contribution in [3.05, 3.63) is 35.9 Å². The van der Waals surface area contributed by atoms with Crippen LogP contribution in [-0.4, -0.2) is 23.7 Å². The zero-order chi connectivity index (χ0) is 16.3. The lowest BCUT2D eigenvalue weighted by atomic mass is 9.84. The first kappa shape index (κ1) is 16.2. The number of nitrogens with one attached hydrogen (secondary N) is 1. The van der Waals surface area contributed by atoms with Gasteiger partial charge in [0.1, 0.15) is 6.61 Å². The first-order chi connectivity index (χ1) is 10.4. The molecule has 5 heteroatoms. The van der Waals surface area contributed by atoms with Crippen LogP contribution in [0, 0.1) is 11.3 Å². The second-order valence-corrected chi connectivity index (χ2v) is 6.21. The number of hydrogen-bond donors (Lipinski definition) is 1. The molecule has 1 fully saturated rings. The molecular formula is C17H21NO4. The molecule has 1 aliphatic rings. The first-order valence-electron chi connectivity index (χ1n) is 7.42. The minimum Gasteiger partial charge on any atom is -0.460 e. The third kappa shape index (κ3) is 3.03. The van der Waals surface area contributed by atoms with E-state index in [4.69, 9.17) is 4.74 Å². The van der Waals surface area contributed by atoms with E-state index < -0.39 is 29.1 Å². The second-order valence-electron chi connectivity index (χ2n) is 6.21. The van der Waals surface area contributed by atoms with Gasteiger partial charge in [-0.3, -0.25) is 14.4 Å². The molecule has 0 radical (unpaired) electrons. The molecule has 1 aliphatic heterocycles. The van der Waals surface area contributed by atoms with Crippen molar-refractivity contribution in [1.29, 1.82) is 0 Å². The Labute approximate surface area is 130 Å². The molecule has 118 valence electrons. The number of benzene rings is 1. The lowest BCUT2D eigenvalue weighted by Crippen LogP contribution is -2.41. The molecule has 5 nitrogen and oxygen atoms in total. The van der Waals surface area contributed by atoms with Gasteiger partial charge in [0.05, 0.1) is 6.04 Å². The molecule has 1 aromatic carbocycles. The average Bonchev–Trinajstić information content (AvgIpc) is 2.70. The monoisotopic (exact) mass is 303 g/mol. The van der Waals surface area contributed by atoms with E-state index in [-0.39, 0.29) is 12.5 Å². The van der Waals surface area contributed by atoms with Crippen LogP contribution in [0.1, 0.15) is 32.8 Å². The Kier molecular flexibility index (Phi) is 4.64. The topological polar surface area (TPSA) is 72.5 Å². The zero-order valence-corrected chi connectivity index (χ0v) is 13.1. The molecular weight excluding hydrogens is 282 g/mol. The molecule has 1 heterocycles. The van der Waals surface area contributed by atoms with Crippen LogP contribution in [0.25, 0.3) is 0 Å². The van der Waals surface area contributed by atoms with E-state index in [0.717, 1.165) is 5.56 Å². The fourth-order valence-corrected chi connectivity index (χ4v) is 2.53. The summed E-state index contributed by atoms with van der Waals surface area (Å²) in [6, 6.07) is 8.54. The number of amides is 1. The summed E-state index contributed by atoms with van der Waals surface area (Å²) < 4.78 is 5.19. The second kappa shape index (κ2) is 6.30. The van der Waals surface area contributed by atoms with Gasteiger partial charge in [-0.15, -0.1) is 0 Å². The van der Waals surface area contributed by atoms with Crippen LogP contribution in [0.5, 0.6) is 0 Å². The molecule has 0 bridgehead atoms. The summed E-state index contributed by atoms with van der Waals surface area (Å²) in [5.74, 6) is -1.51. The van der Waals surface area contributed by atoms with Crippen LogP contribution in [0.2, 0.25) is 0 Å². The largest absolute Gasteiger partial charge is 0.460 e. The van der Waals surface area contributed by atoms with Crippen molar-refractivity contribution in [2.24, 2.45) is 11.3 Å². The lowest BCUT2D eigenvalue weighted by molar-refractivity contribution is -0.162. The highest BCUT2D eigenvalue weighted by molar-refractivity contribution is 6.26. The third-order valence-electron chi connectivity index (χ3n) is 3.90. The van der Waals surface area contributed by atoms with Crippen molar-refractivity contribution in [2.75, 3.05) is 0 Å². The van der Waals surface area contributed by atoms with E-state index >= 15 is 0 Å². The third-order valence-corrected chi connectivity index (χ3v) is 3.90. The van der Waals surface area contributed by atoms with Gasteiger partial charge in [-0.25, -0.2) is 0 Å². The standard InChI is InChI=1S/C17H21NO4/c1-11(2)9-13-14(19)17(3,15(20)18-13)16(21)22-10-12-7-5-4-6-8-12/h4-8,11,13H,9-10H2,1-3H3,(H,18,20)/t13-,17-/m0/s1. The normalized spacial score (nSPS) is 24.5. The fourth-order valence-electron chi connectivity index (χ4n) is 2.53. The van der Waals surface area contributed by atoms with E-state index in [0.29, 0.717) is 6.42 Å². The minimum atomic E-state index is -1.74. The number of carbonyl (C=O) groups is 3. The lowest BCUT2D eigenvalue weighted by Gasteiger charge is -2.18. The van der Waals surface area contributed by atoms with E-state index in [1.54, 1.807) is 0 Å². The number of carbonyl (C=O) groups excluding carboxylic acids is 3. The molecule has 0 saturated carbocycles.